The number of esters is 1. The van der Waals surface area contributed by atoms with Crippen molar-refractivity contribution in [3.8, 4) is 0 Å². The molecule has 0 unspecified atom stereocenters. The van der Waals surface area contributed by atoms with Crippen LogP contribution in [0, 0.1) is 0 Å². The van der Waals surface area contributed by atoms with E-state index in [1.165, 1.54) is 6.92 Å². The molecule has 0 aromatic rings. The molecule has 0 spiro atoms. The molecule has 0 aromatic carbocycles. The van der Waals surface area contributed by atoms with Crippen molar-refractivity contribution in [1.29, 1.82) is 0 Å². The zero-order valence-electron chi connectivity index (χ0n) is 11.5. The predicted molar refractivity (Wildman–Crippen MR) is 64.7 cm³/mol. The second-order valence-corrected chi connectivity index (χ2v) is 5.60. The standard InChI is InChI=1S/C12H23NO4/c1-9(14)16-8-7-12(5,6)13-10(15)17-11(2,3)4/h7-8H2,1-6H3,(H,13,15). The second-order valence-electron chi connectivity index (χ2n) is 5.60. The number of ether oxygens (including phenoxy) is 2. The molecule has 0 bridgehead atoms. The van der Waals surface area contributed by atoms with Crippen LogP contribution in [-0.2, 0) is 14.3 Å². The SMILES string of the molecule is CC(=O)OCCC(C)(C)NC(=O)OC(C)(C)C. The Morgan fingerprint density at radius 2 is 1.65 bits per heavy atom. The second kappa shape index (κ2) is 5.89. The Bertz CT molecular complexity index is 279. The maximum absolute atomic E-state index is 11.5. The van der Waals surface area contributed by atoms with Crippen LogP contribution in [0.15, 0.2) is 0 Å². The normalized spacial score (nSPS) is 11.9. The Morgan fingerprint density at radius 1 is 1.12 bits per heavy atom. The van der Waals surface area contributed by atoms with Gasteiger partial charge in [-0.05, 0) is 34.6 Å². The third-order valence-electron chi connectivity index (χ3n) is 1.87. The minimum atomic E-state index is -0.518. The smallest absolute Gasteiger partial charge is 0.408 e. The number of hydrogen-bond acceptors (Lipinski definition) is 4. The van der Waals surface area contributed by atoms with Gasteiger partial charge in [-0.25, -0.2) is 4.79 Å². The van der Waals surface area contributed by atoms with Crippen molar-refractivity contribution in [3.63, 3.8) is 0 Å². The fourth-order valence-corrected chi connectivity index (χ4v) is 1.09. The Balaban J connectivity index is 4.07. The first-order valence-electron chi connectivity index (χ1n) is 5.66. The fourth-order valence-electron chi connectivity index (χ4n) is 1.09. The van der Waals surface area contributed by atoms with Crippen molar-refractivity contribution in [3.05, 3.63) is 0 Å². The van der Waals surface area contributed by atoms with Crippen LogP contribution >= 0.6 is 0 Å². The molecular weight excluding hydrogens is 222 g/mol. The molecule has 0 fully saturated rings. The number of nitrogens with one attached hydrogen (secondary N) is 1. The fraction of sp³-hybridized carbons (Fsp3) is 0.833. The van der Waals surface area contributed by atoms with Gasteiger partial charge in [0.15, 0.2) is 0 Å². The number of alkyl carbamates (subject to hydrolysis) is 1. The average molecular weight is 245 g/mol. The van der Waals surface area contributed by atoms with Crippen molar-refractivity contribution >= 4 is 12.1 Å². The van der Waals surface area contributed by atoms with Gasteiger partial charge in [0.1, 0.15) is 5.60 Å². The molecule has 5 heteroatoms. The minimum absolute atomic E-state index is 0.276. The highest BCUT2D eigenvalue weighted by Crippen LogP contribution is 2.12. The summed E-state index contributed by atoms with van der Waals surface area (Å²) in [5, 5.41) is 2.73. The first-order valence-corrected chi connectivity index (χ1v) is 5.66. The van der Waals surface area contributed by atoms with Crippen LogP contribution in [0.4, 0.5) is 4.79 Å². The Morgan fingerprint density at radius 3 is 2.06 bits per heavy atom. The van der Waals surface area contributed by atoms with Crippen molar-refractivity contribution < 1.29 is 19.1 Å². The highest BCUT2D eigenvalue weighted by atomic mass is 16.6. The first kappa shape index (κ1) is 15.7. The molecule has 0 heterocycles. The lowest BCUT2D eigenvalue weighted by Gasteiger charge is -2.28. The van der Waals surface area contributed by atoms with Crippen LogP contribution in [0.2, 0.25) is 0 Å². The quantitative estimate of drug-likeness (QED) is 0.771. The van der Waals surface area contributed by atoms with Gasteiger partial charge in [-0.15, -0.1) is 0 Å². The lowest BCUT2D eigenvalue weighted by molar-refractivity contribution is -0.141. The number of amides is 1. The highest BCUT2D eigenvalue weighted by Gasteiger charge is 2.24. The van der Waals surface area contributed by atoms with Crippen LogP contribution in [-0.4, -0.2) is 29.8 Å². The molecule has 0 atom stereocenters. The summed E-state index contributed by atoms with van der Waals surface area (Å²) in [6, 6.07) is 0. The summed E-state index contributed by atoms with van der Waals surface area (Å²) in [7, 11) is 0. The van der Waals surface area contributed by atoms with Crippen LogP contribution in [0.5, 0.6) is 0 Å². The molecule has 5 nitrogen and oxygen atoms in total. The van der Waals surface area contributed by atoms with E-state index in [2.05, 4.69) is 5.32 Å². The lowest BCUT2D eigenvalue weighted by Crippen LogP contribution is -2.46. The molecule has 0 aliphatic heterocycles. The number of carbonyl (C=O) groups is 2. The average Bonchev–Trinajstić information content (AvgIpc) is 1.96. The molecule has 0 rings (SSSR count). The summed E-state index contributed by atoms with van der Waals surface area (Å²) in [5.41, 5.74) is -0.992. The molecule has 17 heavy (non-hydrogen) atoms. The monoisotopic (exact) mass is 245 g/mol. The molecule has 1 N–H and O–H groups in total. The molecular formula is C12H23NO4. The largest absolute Gasteiger partial charge is 0.466 e. The van der Waals surface area contributed by atoms with E-state index >= 15 is 0 Å². The van der Waals surface area contributed by atoms with Gasteiger partial charge in [0.25, 0.3) is 0 Å². The van der Waals surface area contributed by atoms with Gasteiger partial charge in [0.05, 0.1) is 6.61 Å². The maximum Gasteiger partial charge on any atom is 0.408 e. The molecule has 0 radical (unpaired) electrons. The van der Waals surface area contributed by atoms with Crippen molar-refractivity contribution in [2.45, 2.75) is 59.1 Å². The number of hydrogen-bond donors (Lipinski definition) is 1. The Labute approximate surface area is 103 Å². The summed E-state index contributed by atoms with van der Waals surface area (Å²) >= 11 is 0. The van der Waals surface area contributed by atoms with Crippen LogP contribution < -0.4 is 5.32 Å². The summed E-state index contributed by atoms with van der Waals surface area (Å²) in [6.07, 6.45) is 0.0663. The van der Waals surface area contributed by atoms with E-state index in [4.69, 9.17) is 9.47 Å². The molecule has 0 saturated heterocycles. The van der Waals surface area contributed by atoms with E-state index in [0.717, 1.165) is 0 Å². The van der Waals surface area contributed by atoms with Gasteiger partial charge >= 0.3 is 12.1 Å². The zero-order valence-corrected chi connectivity index (χ0v) is 11.5. The van der Waals surface area contributed by atoms with Gasteiger partial charge in [0, 0.05) is 18.9 Å². The van der Waals surface area contributed by atoms with Crippen LogP contribution in [0.1, 0.15) is 48.0 Å². The maximum atomic E-state index is 11.5. The van der Waals surface area contributed by atoms with Gasteiger partial charge in [-0.2, -0.15) is 0 Å². The Hall–Kier alpha value is -1.26. The van der Waals surface area contributed by atoms with E-state index in [1.54, 1.807) is 20.8 Å². The topological polar surface area (TPSA) is 64.6 Å². The zero-order chi connectivity index (χ0) is 13.7. The summed E-state index contributed by atoms with van der Waals surface area (Å²) < 4.78 is 9.97. The molecule has 0 aliphatic carbocycles. The number of rotatable bonds is 4. The highest BCUT2D eigenvalue weighted by molar-refractivity contribution is 5.68. The third-order valence-corrected chi connectivity index (χ3v) is 1.87. The summed E-state index contributed by atoms with van der Waals surface area (Å²) in [6.45, 7) is 10.7. The van der Waals surface area contributed by atoms with Crippen LogP contribution in [0.3, 0.4) is 0 Å². The number of carbonyl (C=O) groups excluding carboxylic acids is 2. The molecule has 0 aliphatic rings. The van der Waals surface area contributed by atoms with E-state index < -0.39 is 17.2 Å². The van der Waals surface area contributed by atoms with E-state index in [-0.39, 0.29) is 12.6 Å². The minimum Gasteiger partial charge on any atom is -0.466 e. The van der Waals surface area contributed by atoms with Gasteiger partial charge in [0.2, 0.25) is 0 Å². The van der Waals surface area contributed by atoms with Crippen LogP contribution in [0.25, 0.3) is 0 Å². The van der Waals surface area contributed by atoms with Crippen molar-refractivity contribution in [1.82, 2.24) is 5.32 Å². The van der Waals surface area contributed by atoms with Gasteiger partial charge in [-0.1, -0.05) is 0 Å². The molecule has 0 saturated carbocycles. The Kier molecular flexibility index (Phi) is 5.45. The van der Waals surface area contributed by atoms with E-state index in [0.29, 0.717) is 6.42 Å². The van der Waals surface area contributed by atoms with E-state index in [9.17, 15) is 9.59 Å². The van der Waals surface area contributed by atoms with Crippen molar-refractivity contribution in [2.75, 3.05) is 6.61 Å². The van der Waals surface area contributed by atoms with Gasteiger partial charge < -0.3 is 14.8 Å². The summed E-state index contributed by atoms with van der Waals surface area (Å²) in [4.78, 5) is 22.1. The third kappa shape index (κ3) is 9.66. The predicted octanol–water partition coefficient (Wildman–Crippen LogP) is 2.24. The van der Waals surface area contributed by atoms with E-state index in [1.807, 2.05) is 13.8 Å². The van der Waals surface area contributed by atoms with Crippen molar-refractivity contribution in [2.24, 2.45) is 0 Å². The molecule has 1 amide bonds. The first-order chi connectivity index (χ1) is 7.52. The lowest BCUT2D eigenvalue weighted by atomic mass is 10.0. The van der Waals surface area contributed by atoms with Gasteiger partial charge in [-0.3, -0.25) is 4.79 Å². The summed E-state index contributed by atoms with van der Waals surface area (Å²) in [5.74, 6) is -0.321. The molecule has 100 valence electrons. The molecule has 0 aromatic heterocycles.